The maximum Gasteiger partial charge on any atom is 0.269 e. The molecular formula is C21H21N7O4S. The topological polar surface area (TPSA) is 135 Å². The number of aromatic nitrogens is 3. The molecule has 1 aromatic heterocycles. The summed E-state index contributed by atoms with van der Waals surface area (Å²) in [5.41, 5.74) is 1.27. The summed E-state index contributed by atoms with van der Waals surface area (Å²) in [6.45, 7) is 2.51. The number of hydrogen-bond donors (Lipinski definition) is 2. The van der Waals surface area contributed by atoms with Gasteiger partial charge in [0.25, 0.3) is 5.69 Å². The largest absolute Gasteiger partial charge is 0.378 e. The second-order valence-corrected chi connectivity index (χ2v) is 7.92. The Bertz CT molecular complexity index is 1110. The number of para-hydroxylation sites is 1. The minimum absolute atomic E-state index is 0.0401. The molecule has 1 amide bonds. The Labute approximate surface area is 193 Å². The number of non-ortho nitro benzene ring substituents is 1. The van der Waals surface area contributed by atoms with Crippen LogP contribution in [-0.4, -0.2) is 57.8 Å². The van der Waals surface area contributed by atoms with Crippen LogP contribution in [-0.2, 0) is 9.53 Å². The molecule has 1 fully saturated rings. The fraction of sp³-hybridized carbons (Fsp3) is 0.238. The van der Waals surface area contributed by atoms with Crippen LogP contribution >= 0.6 is 11.8 Å². The van der Waals surface area contributed by atoms with Gasteiger partial charge >= 0.3 is 0 Å². The van der Waals surface area contributed by atoms with Crippen LogP contribution in [0.5, 0.6) is 0 Å². The van der Waals surface area contributed by atoms with Crippen LogP contribution in [0, 0.1) is 10.1 Å². The fourth-order valence-electron chi connectivity index (χ4n) is 3.02. The normalized spacial score (nSPS) is 13.4. The molecule has 12 heteroatoms. The number of nitro benzene ring substituents is 1. The summed E-state index contributed by atoms with van der Waals surface area (Å²) >= 11 is 1.18. The Morgan fingerprint density at radius 1 is 1.03 bits per heavy atom. The number of anilines is 4. The Morgan fingerprint density at radius 2 is 1.76 bits per heavy atom. The number of nitrogens with one attached hydrogen (secondary N) is 2. The molecular weight excluding hydrogens is 446 g/mol. The molecule has 2 heterocycles. The van der Waals surface area contributed by atoms with Crippen LogP contribution in [0.2, 0.25) is 0 Å². The lowest BCUT2D eigenvalue weighted by atomic mass is 10.3. The van der Waals surface area contributed by atoms with Gasteiger partial charge in [-0.05, 0) is 24.3 Å². The van der Waals surface area contributed by atoms with E-state index in [9.17, 15) is 14.9 Å². The first-order chi connectivity index (χ1) is 16.1. The van der Waals surface area contributed by atoms with Crippen LogP contribution in [0.25, 0.3) is 0 Å². The standard InChI is InChI=1S/C21H21N7O4S/c29-18(22-16-6-8-17(9-7-16)28(30)31)14-33-21-25-19(23-15-4-2-1-3-5-15)24-20(26-21)27-10-12-32-13-11-27/h1-9H,10-14H2,(H,22,29)(H,23,24,25,26). The predicted molar refractivity (Wildman–Crippen MR) is 125 cm³/mol. The maximum atomic E-state index is 12.4. The van der Waals surface area contributed by atoms with Crippen molar-refractivity contribution in [3.8, 4) is 0 Å². The van der Waals surface area contributed by atoms with Gasteiger partial charge in [-0.1, -0.05) is 30.0 Å². The zero-order valence-corrected chi connectivity index (χ0v) is 18.3. The Kier molecular flexibility index (Phi) is 7.27. The van der Waals surface area contributed by atoms with Crippen LogP contribution < -0.4 is 15.5 Å². The molecule has 0 radical (unpaired) electrons. The first kappa shape index (κ1) is 22.4. The van der Waals surface area contributed by atoms with Crippen LogP contribution in [0.1, 0.15) is 0 Å². The molecule has 0 aliphatic carbocycles. The zero-order chi connectivity index (χ0) is 23.0. The zero-order valence-electron chi connectivity index (χ0n) is 17.5. The second-order valence-electron chi connectivity index (χ2n) is 6.97. The van der Waals surface area contributed by atoms with E-state index in [1.807, 2.05) is 35.2 Å². The number of morpholine rings is 1. The first-order valence-electron chi connectivity index (χ1n) is 10.1. The molecule has 1 aliphatic heterocycles. The van der Waals surface area contributed by atoms with E-state index in [1.54, 1.807) is 0 Å². The van der Waals surface area contributed by atoms with Gasteiger partial charge in [-0.15, -0.1) is 0 Å². The van der Waals surface area contributed by atoms with E-state index in [0.29, 0.717) is 49.0 Å². The lowest BCUT2D eigenvalue weighted by molar-refractivity contribution is -0.384. The quantitative estimate of drug-likeness (QED) is 0.289. The van der Waals surface area contributed by atoms with Gasteiger partial charge in [-0.3, -0.25) is 14.9 Å². The van der Waals surface area contributed by atoms with Gasteiger partial charge in [0.15, 0.2) is 5.16 Å². The Balaban J connectivity index is 1.45. The number of ether oxygens (including phenoxy) is 1. The van der Waals surface area contributed by atoms with Gasteiger partial charge in [-0.2, -0.15) is 15.0 Å². The molecule has 3 aromatic rings. The van der Waals surface area contributed by atoms with Gasteiger partial charge in [0.2, 0.25) is 17.8 Å². The van der Waals surface area contributed by atoms with Crippen LogP contribution in [0.15, 0.2) is 59.8 Å². The predicted octanol–water partition coefficient (Wildman–Crippen LogP) is 3.09. The van der Waals surface area contributed by atoms with E-state index in [2.05, 4.69) is 25.6 Å². The summed E-state index contributed by atoms with van der Waals surface area (Å²) in [5.74, 6) is 0.689. The van der Waals surface area contributed by atoms with Gasteiger partial charge in [0, 0.05) is 36.6 Å². The lowest BCUT2D eigenvalue weighted by Crippen LogP contribution is -2.37. The minimum Gasteiger partial charge on any atom is -0.378 e. The number of nitrogens with zero attached hydrogens (tertiary/aromatic N) is 5. The highest BCUT2D eigenvalue weighted by Gasteiger charge is 2.18. The third-order valence-electron chi connectivity index (χ3n) is 4.62. The molecule has 1 aliphatic rings. The fourth-order valence-corrected chi connectivity index (χ4v) is 3.64. The molecule has 0 unspecified atom stereocenters. The van der Waals surface area contributed by atoms with Gasteiger partial charge < -0.3 is 20.3 Å². The number of carbonyl (C=O) groups excluding carboxylic acids is 1. The number of thioether (sulfide) groups is 1. The van der Waals surface area contributed by atoms with Crippen molar-refractivity contribution in [1.29, 1.82) is 0 Å². The number of hydrogen-bond acceptors (Lipinski definition) is 10. The van der Waals surface area contributed by atoms with E-state index in [-0.39, 0.29) is 17.3 Å². The number of amides is 1. The average Bonchev–Trinajstić information content (AvgIpc) is 2.84. The highest BCUT2D eigenvalue weighted by atomic mass is 32.2. The summed E-state index contributed by atoms with van der Waals surface area (Å²) in [6, 6.07) is 15.2. The smallest absolute Gasteiger partial charge is 0.269 e. The van der Waals surface area contributed by atoms with Crippen molar-refractivity contribution >= 4 is 46.6 Å². The maximum absolute atomic E-state index is 12.4. The van der Waals surface area contributed by atoms with Crippen molar-refractivity contribution in [2.75, 3.05) is 47.6 Å². The minimum atomic E-state index is -0.491. The van der Waals surface area contributed by atoms with Crippen molar-refractivity contribution in [1.82, 2.24) is 15.0 Å². The number of carbonyl (C=O) groups is 1. The third-order valence-corrected chi connectivity index (χ3v) is 5.47. The second kappa shape index (κ2) is 10.7. The summed E-state index contributed by atoms with van der Waals surface area (Å²) in [4.78, 5) is 38.2. The Hall–Kier alpha value is -3.77. The monoisotopic (exact) mass is 467 g/mol. The SMILES string of the molecule is O=C(CSc1nc(Nc2ccccc2)nc(N2CCOCC2)n1)Nc1ccc([N+](=O)[O-])cc1. The Morgan fingerprint density at radius 3 is 2.45 bits per heavy atom. The van der Waals surface area contributed by atoms with Crippen molar-refractivity contribution in [3.63, 3.8) is 0 Å². The number of nitro groups is 1. The molecule has 0 spiro atoms. The summed E-state index contributed by atoms with van der Waals surface area (Å²) in [6.07, 6.45) is 0. The molecule has 170 valence electrons. The summed E-state index contributed by atoms with van der Waals surface area (Å²) in [5, 5.41) is 17.1. The molecule has 2 aromatic carbocycles. The van der Waals surface area contributed by atoms with Crippen molar-refractivity contribution in [2.24, 2.45) is 0 Å². The van der Waals surface area contributed by atoms with E-state index in [1.165, 1.54) is 36.0 Å². The van der Waals surface area contributed by atoms with E-state index in [0.717, 1.165) is 5.69 Å². The van der Waals surface area contributed by atoms with E-state index in [4.69, 9.17) is 4.74 Å². The van der Waals surface area contributed by atoms with Crippen molar-refractivity contribution < 1.29 is 14.5 Å². The number of benzene rings is 2. The lowest BCUT2D eigenvalue weighted by Gasteiger charge is -2.27. The highest BCUT2D eigenvalue weighted by Crippen LogP contribution is 2.22. The molecule has 0 bridgehead atoms. The first-order valence-corrected chi connectivity index (χ1v) is 11.1. The van der Waals surface area contributed by atoms with Crippen LogP contribution in [0.4, 0.5) is 29.0 Å². The highest BCUT2D eigenvalue weighted by molar-refractivity contribution is 7.99. The van der Waals surface area contributed by atoms with Gasteiger partial charge in [0.1, 0.15) is 0 Å². The molecule has 33 heavy (non-hydrogen) atoms. The molecule has 0 saturated carbocycles. The number of rotatable bonds is 8. The van der Waals surface area contributed by atoms with E-state index < -0.39 is 4.92 Å². The van der Waals surface area contributed by atoms with Crippen molar-refractivity contribution in [2.45, 2.75) is 5.16 Å². The van der Waals surface area contributed by atoms with Gasteiger partial charge in [0.05, 0.1) is 23.9 Å². The average molecular weight is 468 g/mol. The molecule has 4 rings (SSSR count). The third kappa shape index (κ3) is 6.37. The molecule has 2 N–H and O–H groups in total. The molecule has 11 nitrogen and oxygen atoms in total. The van der Waals surface area contributed by atoms with Gasteiger partial charge in [-0.25, -0.2) is 0 Å². The van der Waals surface area contributed by atoms with Crippen LogP contribution in [0.3, 0.4) is 0 Å². The summed E-state index contributed by atoms with van der Waals surface area (Å²) < 4.78 is 5.41. The van der Waals surface area contributed by atoms with E-state index >= 15 is 0 Å². The molecule has 1 saturated heterocycles. The van der Waals surface area contributed by atoms with Crippen molar-refractivity contribution in [3.05, 3.63) is 64.7 Å². The summed E-state index contributed by atoms with van der Waals surface area (Å²) in [7, 11) is 0. The molecule has 0 atom stereocenters.